The van der Waals surface area contributed by atoms with E-state index >= 15 is 0 Å². The third-order valence-corrected chi connectivity index (χ3v) is 1.03. The van der Waals surface area contributed by atoms with Crippen molar-refractivity contribution in [2.24, 2.45) is 0 Å². The number of aromatic nitrogens is 2. The van der Waals surface area contributed by atoms with E-state index in [4.69, 9.17) is 0 Å². The molecule has 0 amide bonds. The minimum absolute atomic E-state index is 0.928. The van der Waals surface area contributed by atoms with Crippen LogP contribution in [-0.2, 0) is 0 Å². The van der Waals surface area contributed by atoms with E-state index < -0.39 is 0 Å². The highest BCUT2D eigenvalue weighted by atomic mass is 14.9. The summed E-state index contributed by atoms with van der Waals surface area (Å²) in [5.41, 5.74) is 0. The Labute approximate surface area is 54.6 Å². The maximum Gasteiger partial charge on any atom is 0.129 e. The fraction of sp³-hybridized carbons (Fsp3) is 0.286. The predicted octanol–water partition coefficient (Wildman–Crippen LogP) is 1.83. The van der Waals surface area contributed by atoms with Crippen molar-refractivity contribution in [2.75, 3.05) is 0 Å². The van der Waals surface area contributed by atoms with Crippen LogP contribution in [0, 0.1) is 0 Å². The van der Waals surface area contributed by atoms with Gasteiger partial charge in [0.25, 0.3) is 0 Å². The van der Waals surface area contributed by atoms with Crippen LogP contribution in [0.2, 0.25) is 0 Å². The average Bonchev–Trinajstić information content (AvgIpc) is 2.34. The van der Waals surface area contributed by atoms with Crippen molar-refractivity contribution in [2.45, 2.75) is 13.3 Å². The monoisotopic (exact) mass is 122 g/mol. The summed E-state index contributed by atoms with van der Waals surface area (Å²) in [5, 5.41) is 0. The SMILES string of the molecule is CC/C=C\c1ncc[nH]1. The van der Waals surface area contributed by atoms with Crippen molar-refractivity contribution < 1.29 is 0 Å². The number of H-pyrrole nitrogens is 1. The lowest BCUT2D eigenvalue weighted by Crippen LogP contribution is -1.70. The van der Waals surface area contributed by atoms with Crippen molar-refractivity contribution in [3.63, 3.8) is 0 Å². The summed E-state index contributed by atoms with van der Waals surface area (Å²) >= 11 is 0. The molecule has 1 aromatic rings. The number of rotatable bonds is 2. The Morgan fingerprint density at radius 2 is 2.67 bits per heavy atom. The van der Waals surface area contributed by atoms with Crippen molar-refractivity contribution >= 4 is 6.08 Å². The zero-order chi connectivity index (χ0) is 6.53. The van der Waals surface area contributed by atoms with Gasteiger partial charge in [0.2, 0.25) is 0 Å². The van der Waals surface area contributed by atoms with Gasteiger partial charge in [-0.05, 0) is 12.5 Å². The summed E-state index contributed by atoms with van der Waals surface area (Å²) in [6.07, 6.45) is 8.66. The average molecular weight is 122 g/mol. The lowest BCUT2D eigenvalue weighted by Gasteiger charge is -1.79. The zero-order valence-corrected chi connectivity index (χ0v) is 5.46. The van der Waals surface area contributed by atoms with Gasteiger partial charge in [0.1, 0.15) is 5.82 Å². The molecule has 1 N–H and O–H groups in total. The molecule has 0 saturated carbocycles. The van der Waals surface area contributed by atoms with Gasteiger partial charge >= 0.3 is 0 Å². The first-order valence-electron chi connectivity index (χ1n) is 3.09. The fourth-order valence-electron chi connectivity index (χ4n) is 0.598. The lowest BCUT2D eigenvalue weighted by atomic mass is 10.4. The molecule has 0 unspecified atom stereocenters. The Hall–Kier alpha value is -1.05. The summed E-state index contributed by atoms with van der Waals surface area (Å²) in [5.74, 6) is 0.928. The van der Waals surface area contributed by atoms with Crippen LogP contribution in [0.15, 0.2) is 18.5 Å². The number of hydrogen-bond acceptors (Lipinski definition) is 1. The molecule has 0 aromatic carbocycles. The molecule has 0 saturated heterocycles. The van der Waals surface area contributed by atoms with E-state index in [-0.39, 0.29) is 0 Å². The van der Waals surface area contributed by atoms with Crippen LogP contribution in [0.4, 0.5) is 0 Å². The molecule has 0 spiro atoms. The molecule has 1 heterocycles. The number of aromatic amines is 1. The van der Waals surface area contributed by atoms with Crippen LogP contribution in [-0.4, -0.2) is 9.97 Å². The molecular weight excluding hydrogens is 112 g/mol. The van der Waals surface area contributed by atoms with E-state index in [0.717, 1.165) is 12.2 Å². The Morgan fingerprint density at radius 1 is 1.78 bits per heavy atom. The van der Waals surface area contributed by atoms with E-state index in [1.54, 1.807) is 6.20 Å². The molecule has 0 aliphatic rings. The maximum atomic E-state index is 4.01. The van der Waals surface area contributed by atoms with Crippen molar-refractivity contribution in [1.82, 2.24) is 9.97 Å². The van der Waals surface area contributed by atoms with Gasteiger partial charge in [-0.3, -0.25) is 0 Å². The molecule has 0 bridgehead atoms. The Bertz CT molecular complexity index is 175. The van der Waals surface area contributed by atoms with Crippen LogP contribution in [0.3, 0.4) is 0 Å². The molecule has 0 aliphatic carbocycles. The van der Waals surface area contributed by atoms with Gasteiger partial charge in [-0.25, -0.2) is 4.98 Å². The van der Waals surface area contributed by atoms with E-state index in [1.165, 1.54) is 0 Å². The second kappa shape index (κ2) is 3.07. The van der Waals surface area contributed by atoms with Crippen LogP contribution in [0.25, 0.3) is 6.08 Å². The van der Waals surface area contributed by atoms with Gasteiger partial charge in [-0.2, -0.15) is 0 Å². The highest BCUT2D eigenvalue weighted by Crippen LogP contribution is 1.92. The van der Waals surface area contributed by atoms with Gasteiger partial charge in [-0.15, -0.1) is 0 Å². The first-order valence-corrected chi connectivity index (χ1v) is 3.09. The quantitative estimate of drug-likeness (QED) is 0.637. The van der Waals surface area contributed by atoms with E-state index in [0.29, 0.717) is 0 Å². The lowest BCUT2D eigenvalue weighted by molar-refractivity contribution is 1.21. The maximum absolute atomic E-state index is 4.01. The Balaban J connectivity index is 2.57. The molecular formula is C7H10N2. The first-order chi connectivity index (χ1) is 4.43. The molecule has 1 rings (SSSR count). The summed E-state index contributed by atoms with van der Waals surface area (Å²) < 4.78 is 0. The third-order valence-electron chi connectivity index (χ3n) is 1.03. The molecule has 9 heavy (non-hydrogen) atoms. The van der Waals surface area contributed by atoms with Gasteiger partial charge in [0.15, 0.2) is 0 Å². The van der Waals surface area contributed by atoms with E-state index in [2.05, 4.69) is 23.0 Å². The van der Waals surface area contributed by atoms with Crippen molar-refractivity contribution in [3.05, 3.63) is 24.3 Å². The minimum Gasteiger partial charge on any atom is -0.345 e. The molecule has 0 fully saturated rings. The number of allylic oxidation sites excluding steroid dienone is 1. The second-order valence-electron chi connectivity index (χ2n) is 1.79. The van der Waals surface area contributed by atoms with Gasteiger partial charge in [-0.1, -0.05) is 13.0 Å². The number of imidazole rings is 1. The minimum atomic E-state index is 0.928. The summed E-state index contributed by atoms with van der Waals surface area (Å²) in [7, 11) is 0. The van der Waals surface area contributed by atoms with Crippen LogP contribution in [0.5, 0.6) is 0 Å². The molecule has 2 nitrogen and oxygen atoms in total. The normalized spacial score (nSPS) is 10.8. The van der Waals surface area contributed by atoms with E-state index in [9.17, 15) is 0 Å². The second-order valence-corrected chi connectivity index (χ2v) is 1.79. The highest BCUT2D eigenvalue weighted by Gasteiger charge is 1.81. The molecule has 48 valence electrons. The zero-order valence-electron chi connectivity index (χ0n) is 5.46. The number of hydrogen-bond donors (Lipinski definition) is 1. The largest absolute Gasteiger partial charge is 0.345 e. The summed E-state index contributed by atoms with van der Waals surface area (Å²) in [4.78, 5) is 6.99. The van der Waals surface area contributed by atoms with Gasteiger partial charge in [0.05, 0.1) is 0 Å². The smallest absolute Gasteiger partial charge is 0.129 e. The number of nitrogens with one attached hydrogen (secondary N) is 1. The van der Waals surface area contributed by atoms with Crippen molar-refractivity contribution in [3.8, 4) is 0 Å². The summed E-state index contributed by atoms with van der Waals surface area (Å²) in [6, 6.07) is 0. The third kappa shape index (κ3) is 1.72. The van der Waals surface area contributed by atoms with Crippen LogP contribution in [0.1, 0.15) is 19.2 Å². The Morgan fingerprint density at radius 3 is 3.22 bits per heavy atom. The first kappa shape index (κ1) is 6.08. The van der Waals surface area contributed by atoms with Crippen molar-refractivity contribution in [1.29, 1.82) is 0 Å². The number of nitrogens with zero attached hydrogens (tertiary/aromatic N) is 1. The standard InChI is InChI=1S/C7H10N2/c1-2-3-4-7-8-5-6-9-7/h3-6H,2H2,1H3,(H,8,9)/b4-3-. The predicted molar refractivity (Wildman–Crippen MR) is 37.9 cm³/mol. The molecule has 0 radical (unpaired) electrons. The Kier molecular flexibility index (Phi) is 2.07. The van der Waals surface area contributed by atoms with Crippen LogP contribution < -0.4 is 0 Å². The fourth-order valence-corrected chi connectivity index (χ4v) is 0.598. The summed E-state index contributed by atoms with van der Waals surface area (Å²) in [6.45, 7) is 2.10. The van der Waals surface area contributed by atoms with E-state index in [1.807, 2.05) is 12.3 Å². The molecule has 0 atom stereocenters. The highest BCUT2D eigenvalue weighted by molar-refractivity contribution is 5.38. The van der Waals surface area contributed by atoms with Gasteiger partial charge in [0, 0.05) is 12.4 Å². The topological polar surface area (TPSA) is 28.7 Å². The van der Waals surface area contributed by atoms with Gasteiger partial charge < -0.3 is 4.98 Å². The van der Waals surface area contributed by atoms with Crippen LogP contribution >= 0.6 is 0 Å². The molecule has 1 aromatic heterocycles. The molecule has 2 heteroatoms. The molecule has 0 aliphatic heterocycles.